The third kappa shape index (κ3) is 3.11. The number of hydrogen-bond donors (Lipinski definition) is 0. The number of nitrogens with zero attached hydrogens (tertiary/aromatic N) is 3. The molecule has 2 aromatic carbocycles. The van der Waals surface area contributed by atoms with Gasteiger partial charge in [0.2, 0.25) is 0 Å². The molecule has 1 fully saturated rings. The third-order valence-electron chi connectivity index (χ3n) is 6.05. The first-order valence-corrected chi connectivity index (χ1v) is 10.3. The Hall–Kier alpha value is -2.30. The van der Waals surface area contributed by atoms with Gasteiger partial charge in [-0.2, -0.15) is 0 Å². The van der Waals surface area contributed by atoms with Crippen molar-refractivity contribution in [1.82, 2.24) is 4.90 Å². The van der Waals surface area contributed by atoms with Crippen molar-refractivity contribution < 1.29 is 4.79 Å². The molecule has 0 atom stereocenters. The van der Waals surface area contributed by atoms with E-state index in [9.17, 15) is 4.79 Å². The Labute approximate surface area is 172 Å². The first-order chi connectivity index (χ1) is 13.5. The van der Waals surface area contributed by atoms with Gasteiger partial charge in [0.15, 0.2) is 0 Å². The summed E-state index contributed by atoms with van der Waals surface area (Å²) < 4.78 is 0. The van der Waals surface area contributed by atoms with Crippen LogP contribution >= 0.6 is 11.6 Å². The highest BCUT2D eigenvalue weighted by atomic mass is 35.5. The van der Waals surface area contributed by atoms with Crippen LogP contribution in [0.1, 0.15) is 25.3 Å². The summed E-state index contributed by atoms with van der Waals surface area (Å²) in [6, 6.07) is 14.1. The fourth-order valence-corrected chi connectivity index (χ4v) is 4.71. The van der Waals surface area contributed by atoms with Crippen LogP contribution in [-0.4, -0.2) is 43.5 Å². The maximum absolute atomic E-state index is 12.9. The number of para-hydroxylation sites is 1. The zero-order valence-corrected chi connectivity index (χ0v) is 17.2. The maximum atomic E-state index is 12.9. The molecule has 4 rings (SSSR count). The smallest absolute Gasteiger partial charge is 0.262 e. The molecule has 0 aliphatic carbocycles. The van der Waals surface area contributed by atoms with E-state index >= 15 is 0 Å². The van der Waals surface area contributed by atoms with Crippen LogP contribution in [0.2, 0.25) is 5.02 Å². The quantitative estimate of drug-likeness (QED) is 0.685. The predicted molar refractivity (Wildman–Crippen MR) is 118 cm³/mol. The third-order valence-corrected chi connectivity index (χ3v) is 6.43. The highest BCUT2D eigenvalue weighted by molar-refractivity contribution is 6.42. The fourth-order valence-electron chi connectivity index (χ4n) is 4.30. The lowest BCUT2D eigenvalue weighted by atomic mass is 10.0. The largest absolute Gasteiger partial charge is 0.370 e. The molecule has 5 heteroatoms. The number of benzene rings is 2. The molecule has 0 bridgehead atoms. The lowest BCUT2D eigenvalue weighted by Gasteiger charge is -2.38. The van der Waals surface area contributed by atoms with E-state index in [-0.39, 0.29) is 5.91 Å². The summed E-state index contributed by atoms with van der Waals surface area (Å²) in [7, 11) is 2.11. The number of fused-ring (bicyclic) bond motifs is 1. The van der Waals surface area contributed by atoms with E-state index in [0.29, 0.717) is 16.6 Å². The minimum atomic E-state index is -0.112. The van der Waals surface area contributed by atoms with Crippen molar-refractivity contribution in [3.05, 3.63) is 59.6 Å². The number of rotatable bonds is 4. The minimum Gasteiger partial charge on any atom is -0.370 e. The Morgan fingerprint density at radius 3 is 2.46 bits per heavy atom. The van der Waals surface area contributed by atoms with E-state index in [1.807, 2.05) is 42.5 Å². The van der Waals surface area contributed by atoms with E-state index in [1.54, 1.807) is 4.90 Å². The van der Waals surface area contributed by atoms with Crippen molar-refractivity contribution in [3.8, 4) is 0 Å². The minimum absolute atomic E-state index is 0.112. The van der Waals surface area contributed by atoms with Crippen molar-refractivity contribution in [3.63, 3.8) is 0 Å². The second kappa shape index (κ2) is 7.61. The fraction of sp³-hybridized carbons (Fsp3) is 0.348. The molecule has 28 heavy (non-hydrogen) atoms. The number of carbonyl (C=O) groups is 1. The molecule has 2 heterocycles. The molecule has 1 amide bonds. The standard InChI is InChI=1S/C23H26ClN3O/c1-4-26-14-12-17(13-15-26)25(3)20-11-10-19-21(22(20)24)16(2)23(28)27(19)18-8-6-5-7-9-18/h5-11,17H,2,4,12-15H2,1,3H3. The first-order valence-electron chi connectivity index (χ1n) is 9.89. The molecule has 0 N–H and O–H groups in total. The van der Waals surface area contributed by atoms with Gasteiger partial charge in [-0.15, -0.1) is 0 Å². The molecule has 2 aromatic rings. The highest BCUT2D eigenvalue weighted by Gasteiger charge is 2.35. The summed E-state index contributed by atoms with van der Waals surface area (Å²) in [5.74, 6) is -0.112. The van der Waals surface area contributed by atoms with E-state index in [1.165, 1.54) is 0 Å². The number of likely N-dealkylation sites (tertiary alicyclic amines) is 1. The van der Waals surface area contributed by atoms with Crippen molar-refractivity contribution in [2.45, 2.75) is 25.8 Å². The maximum Gasteiger partial charge on any atom is 0.262 e. The summed E-state index contributed by atoms with van der Waals surface area (Å²) >= 11 is 6.85. The summed E-state index contributed by atoms with van der Waals surface area (Å²) in [4.78, 5) is 19.4. The number of anilines is 3. The summed E-state index contributed by atoms with van der Waals surface area (Å²) in [6.07, 6.45) is 2.24. The van der Waals surface area contributed by atoms with Crippen LogP contribution in [0.4, 0.5) is 17.1 Å². The van der Waals surface area contributed by atoms with Crippen LogP contribution < -0.4 is 9.80 Å². The zero-order valence-electron chi connectivity index (χ0n) is 16.5. The van der Waals surface area contributed by atoms with Gasteiger partial charge in [0, 0.05) is 43.0 Å². The number of halogens is 1. The Balaban J connectivity index is 1.67. The summed E-state index contributed by atoms with van der Waals surface area (Å²) in [5, 5.41) is 0.620. The second-order valence-electron chi connectivity index (χ2n) is 7.52. The molecule has 0 radical (unpaired) electrons. The molecular formula is C23H26ClN3O. The highest BCUT2D eigenvalue weighted by Crippen LogP contribution is 2.47. The Kier molecular flexibility index (Phi) is 5.17. The van der Waals surface area contributed by atoms with Crippen molar-refractivity contribution in [2.24, 2.45) is 0 Å². The van der Waals surface area contributed by atoms with Crippen molar-refractivity contribution >= 4 is 40.1 Å². The number of hydrogen-bond acceptors (Lipinski definition) is 3. The van der Waals surface area contributed by atoms with Gasteiger partial charge in [-0.25, -0.2) is 0 Å². The Bertz CT molecular complexity index is 904. The SMILES string of the molecule is C=C1C(=O)N(c2ccccc2)c2ccc(N(C)C3CCN(CC)CC3)c(Cl)c21. The molecule has 1 saturated heterocycles. The van der Waals surface area contributed by atoms with Crippen LogP contribution in [-0.2, 0) is 4.79 Å². The lowest BCUT2D eigenvalue weighted by Crippen LogP contribution is -2.43. The van der Waals surface area contributed by atoms with E-state index in [2.05, 4.69) is 30.4 Å². The number of carbonyl (C=O) groups excluding carboxylic acids is 1. The Morgan fingerprint density at radius 2 is 1.82 bits per heavy atom. The molecule has 0 unspecified atom stereocenters. The predicted octanol–water partition coefficient (Wildman–Crippen LogP) is 4.95. The molecule has 0 aromatic heterocycles. The molecule has 4 nitrogen and oxygen atoms in total. The van der Waals surface area contributed by atoms with Gasteiger partial charge in [0.25, 0.3) is 5.91 Å². The van der Waals surface area contributed by atoms with Crippen LogP contribution in [0.15, 0.2) is 49.0 Å². The lowest BCUT2D eigenvalue weighted by molar-refractivity contribution is -0.112. The van der Waals surface area contributed by atoms with Crippen molar-refractivity contribution in [1.29, 1.82) is 0 Å². The summed E-state index contributed by atoms with van der Waals surface area (Å²) in [5.41, 5.74) is 3.82. The molecule has 2 aliphatic heterocycles. The van der Waals surface area contributed by atoms with Crippen LogP contribution in [0.5, 0.6) is 0 Å². The monoisotopic (exact) mass is 395 g/mol. The van der Waals surface area contributed by atoms with Gasteiger partial charge in [-0.05, 0) is 43.7 Å². The second-order valence-corrected chi connectivity index (χ2v) is 7.90. The first kappa shape index (κ1) is 19.0. The van der Waals surface area contributed by atoms with Crippen LogP contribution in [0, 0.1) is 0 Å². The van der Waals surface area contributed by atoms with Gasteiger partial charge in [-0.3, -0.25) is 9.69 Å². The average Bonchev–Trinajstić information content (AvgIpc) is 2.99. The Morgan fingerprint density at radius 1 is 1.14 bits per heavy atom. The van der Waals surface area contributed by atoms with Gasteiger partial charge in [0.1, 0.15) is 0 Å². The van der Waals surface area contributed by atoms with Gasteiger partial charge >= 0.3 is 0 Å². The molecule has 146 valence electrons. The topological polar surface area (TPSA) is 26.8 Å². The molecule has 2 aliphatic rings. The normalized spacial score (nSPS) is 17.9. The van der Waals surface area contributed by atoms with Crippen LogP contribution in [0.3, 0.4) is 0 Å². The summed E-state index contributed by atoms with van der Waals surface area (Å²) in [6.45, 7) is 9.59. The number of piperidine rings is 1. The van der Waals surface area contributed by atoms with Gasteiger partial charge in [0.05, 0.1) is 16.4 Å². The van der Waals surface area contributed by atoms with E-state index in [4.69, 9.17) is 11.6 Å². The van der Waals surface area contributed by atoms with Gasteiger partial charge in [-0.1, -0.05) is 43.3 Å². The van der Waals surface area contributed by atoms with Crippen LogP contribution in [0.25, 0.3) is 5.57 Å². The average molecular weight is 396 g/mol. The van der Waals surface area contributed by atoms with E-state index in [0.717, 1.165) is 55.1 Å². The zero-order chi connectivity index (χ0) is 19.8. The van der Waals surface area contributed by atoms with Gasteiger partial charge < -0.3 is 9.80 Å². The van der Waals surface area contributed by atoms with Crippen molar-refractivity contribution in [2.75, 3.05) is 36.5 Å². The van der Waals surface area contributed by atoms with E-state index < -0.39 is 0 Å². The number of amides is 1. The molecular weight excluding hydrogens is 370 g/mol. The molecule has 0 spiro atoms. The molecule has 0 saturated carbocycles.